The fourth-order valence-corrected chi connectivity index (χ4v) is 5.91. The van der Waals surface area contributed by atoms with Gasteiger partial charge in [-0.05, 0) is 48.7 Å². The van der Waals surface area contributed by atoms with Gasteiger partial charge in [-0.1, -0.05) is 55.0 Å². The molecule has 0 saturated carbocycles. The Labute approximate surface area is 195 Å². The number of hydrogen-bond acceptors (Lipinski definition) is 3. The summed E-state index contributed by atoms with van der Waals surface area (Å²) in [5, 5.41) is 1.14. The van der Waals surface area contributed by atoms with E-state index in [2.05, 4.69) is 52.2 Å². The van der Waals surface area contributed by atoms with Crippen LogP contribution in [0, 0.1) is 0 Å². The maximum atomic E-state index is 12.9. The van der Waals surface area contributed by atoms with E-state index in [4.69, 9.17) is 0 Å². The average Bonchev–Trinajstić information content (AvgIpc) is 3.21. The van der Waals surface area contributed by atoms with E-state index in [-0.39, 0.29) is 0 Å². The van der Waals surface area contributed by atoms with Crippen molar-refractivity contribution in [2.24, 2.45) is 4.99 Å². The van der Waals surface area contributed by atoms with Gasteiger partial charge in [0.05, 0.1) is 10.6 Å². The first-order valence-corrected chi connectivity index (χ1v) is 12.8. The van der Waals surface area contributed by atoms with Gasteiger partial charge in [-0.15, -0.1) is 0 Å². The van der Waals surface area contributed by atoms with Gasteiger partial charge < -0.3 is 4.57 Å². The van der Waals surface area contributed by atoms with Crippen LogP contribution in [0.25, 0.3) is 10.9 Å². The number of benzene rings is 3. The molecule has 0 unspecified atom stereocenters. The van der Waals surface area contributed by atoms with Gasteiger partial charge in [-0.3, -0.25) is 4.99 Å². The second-order valence-corrected chi connectivity index (χ2v) is 10.4. The zero-order chi connectivity index (χ0) is 22.7. The maximum absolute atomic E-state index is 12.9. The highest BCUT2D eigenvalue weighted by Crippen LogP contribution is 2.25. The molecule has 0 spiro atoms. The second kappa shape index (κ2) is 9.33. The van der Waals surface area contributed by atoms with Crippen molar-refractivity contribution in [3.8, 4) is 0 Å². The molecule has 1 saturated heterocycles. The van der Waals surface area contributed by atoms with E-state index < -0.39 is 10.0 Å². The van der Waals surface area contributed by atoms with Crippen molar-refractivity contribution in [2.75, 3.05) is 13.1 Å². The molecule has 5 rings (SSSR count). The highest BCUT2D eigenvalue weighted by atomic mass is 32.2. The minimum Gasteiger partial charge on any atom is -0.342 e. The van der Waals surface area contributed by atoms with Crippen LogP contribution in [0.2, 0.25) is 0 Å². The normalized spacial score (nSPS) is 15.4. The molecule has 5 nitrogen and oxygen atoms in total. The smallest absolute Gasteiger partial charge is 0.243 e. The van der Waals surface area contributed by atoms with Crippen molar-refractivity contribution < 1.29 is 8.42 Å². The van der Waals surface area contributed by atoms with Crippen molar-refractivity contribution in [2.45, 2.75) is 30.7 Å². The number of sulfonamides is 1. The molecule has 1 aliphatic rings. The predicted octanol–water partition coefficient (Wildman–Crippen LogP) is 5.61. The Morgan fingerprint density at radius 3 is 2.27 bits per heavy atom. The number of para-hydroxylation sites is 1. The summed E-state index contributed by atoms with van der Waals surface area (Å²) in [4.78, 5) is 4.97. The third-order valence-corrected chi connectivity index (χ3v) is 8.07. The maximum Gasteiger partial charge on any atom is 0.243 e. The molecule has 2 heterocycles. The van der Waals surface area contributed by atoms with Gasteiger partial charge in [-0.2, -0.15) is 4.31 Å². The van der Waals surface area contributed by atoms with E-state index in [9.17, 15) is 8.42 Å². The third-order valence-electron chi connectivity index (χ3n) is 6.16. The molecule has 0 radical (unpaired) electrons. The lowest BCUT2D eigenvalue weighted by Gasteiger charge is -2.25. The Balaban J connectivity index is 1.39. The Kier molecular flexibility index (Phi) is 6.11. The van der Waals surface area contributed by atoms with Crippen LogP contribution < -0.4 is 0 Å². The van der Waals surface area contributed by atoms with Gasteiger partial charge in [-0.25, -0.2) is 8.42 Å². The Bertz CT molecular complexity index is 1370. The molecule has 6 heteroatoms. The molecular formula is C27H27N3O2S. The van der Waals surface area contributed by atoms with Gasteiger partial charge in [0, 0.05) is 48.5 Å². The van der Waals surface area contributed by atoms with Gasteiger partial charge >= 0.3 is 0 Å². The van der Waals surface area contributed by atoms with Gasteiger partial charge in [0.15, 0.2) is 0 Å². The Morgan fingerprint density at radius 1 is 0.818 bits per heavy atom. The topological polar surface area (TPSA) is 54.7 Å². The lowest BCUT2D eigenvalue weighted by Crippen LogP contribution is -2.35. The van der Waals surface area contributed by atoms with Crippen LogP contribution in [-0.2, 0) is 16.6 Å². The summed E-state index contributed by atoms with van der Waals surface area (Å²) in [6.45, 7) is 2.00. The summed E-state index contributed by atoms with van der Waals surface area (Å²) in [7, 11) is -3.42. The molecule has 0 atom stereocenters. The number of aliphatic imine (C=N–C) groups is 1. The quantitative estimate of drug-likeness (QED) is 0.353. The van der Waals surface area contributed by atoms with Crippen LogP contribution in [0.15, 0.2) is 94.9 Å². The van der Waals surface area contributed by atoms with Gasteiger partial charge in [0.25, 0.3) is 0 Å². The third kappa shape index (κ3) is 4.63. The van der Waals surface area contributed by atoms with E-state index in [1.165, 1.54) is 5.56 Å². The molecule has 4 aromatic rings. The number of hydrogen-bond donors (Lipinski definition) is 0. The number of rotatable bonds is 6. The Morgan fingerprint density at radius 2 is 1.52 bits per heavy atom. The molecule has 1 aliphatic heterocycles. The highest BCUT2D eigenvalue weighted by Gasteiger charge is 2.25. The van der Waals surface area contributed by atoms with Crippen molar-refractivity contribution >= 4 is 32.8 Å². The zero-order valence-electron chi connectivity index (χ0n) is 18.5. The van der Waals surface area contributed by atoms with E-state index in [0.717, 1.165) is 48.0 Å². The standard InChI is InChI=1S/C27H27N3O2S/c31-33(32,30-17-7-2-8-18-30)25-15-13-24(14-16-25)28-19-23-21-29(20-22-9-3-1-4-10-22)27-12-6-5-11-26(23)27/h1,3-6,9-16,19,21H,2,7-8,17-18,20H2. The summed E-state index contributed by atoms with van der Waals surface area (Å²) in [5.74, 6) is 0. The second-order valence-electron chi connectivity index (χ2n) is 8.43. The Hall–Kier alpha value is -3.22. The van der Waals surface area contributed by atoms with Crippen molar-refractivity contribution in [1.29, 1.82) is 0 Å². The van der Waals surface area contributed by atoms with Crippen LogP contribution in [0.5, 0.6) is 0 Å². The van der Waals surface area contributed by atoms with Crippen LogP contribution in [0.4, 0.5) is 5.69 Å². The van der Waals surface area contributed by atoms with Gasteiger partial charge in [0.1, 0.15) is 0 Å². The molecule has 0 amide bonds. The first-order chi connectivity index (χ1) is 16.1. The first kappa shape index (κ1) is 21.6. The van der Waals surface area contributed by atoms with Gasteiger partial charge in [0.2, 0.25) is 10.0 Å². The minimum absolute atomic E-state index is 0.336. The summed E-state index contributed by atoms with van der Waals surface area (Å²) >= 11 is 0. The average molecular weight is 458 g/mol. The van der Waals surface area contributed by atoms with Crippen LogP contribution in [0.3, 0.4) is 0 Å². The van der Waals surface area contributed by atoms with Crippen molar-refractivity contribution in [3.63, 3.8) is 0 Å². The molecule has 3 aromatic carbocycles. The van der Waals surface area contributed by atoms with E-state index in [1.807, 2.05) is 24.4 Å². The molecule has 0 N–H and O–H groups in total. The lowest BCUT2D eigenvalue weighted by molar-refractivity contribution is 0.346. The molecule has 33 heavy (non-hydrogen) atoms. The van der Waals surface area contributed by atoms with E-state index in [0.29, 0.717) is 18.0 Å². The molecule has 1 aromatic heterocycles. The number of nitrogens with zero attached hydrogens (tertiary/aromatic N) is 3. The first-order valence-electron chi connectivity index (χ1n) is 11.4. The fraction of sp³-hybridized carbons (Fsp3) is 0.222. The summed E-state index contributed by atoms with van der Waals surface area (Å²) in [6.07, 6.45) is 6.94. The molecule has 0 bridgehead atoms. The lowest BCUT2D eigenvalue weighted by atomic mass is 10.2. The summed E-state index contributed by atoms with van der Waals surface area (Å²) in [6, 6.07) is 25.6. The summed E-state index contributed by atoms with van der Waals surface area (Å²) < 4.78 is 29.6. The number of aromatic nitrogens is 1. The van der Waals surface area contributed by atoms with Crippen molar-refractivity contribution in [3.05, 3.63) is 96.2 Å². The van der Waals surface area contributed by atoms with Crippen LogP contribution in [0.1, 0.15) is 30.4 Å². The summed E-state index contributed by atoms with van der Waals surface area (Å²) in [5.41, 5.74) is 4.16. The zero-order valence-corrected chi connectivity index (χ0v) is 19.3. The van der Waals surface area contributed by atoms with Crippen LogP contribution >= 0.6 is 0 Å². The molecule has 168 valence electrons. The van der Waals surface area contributed by atoms with Crippen LogP contribution in [-0.4, -0.2) is 36.6 Å². The number of fused-ring (bicyclic) bond motifs is 1. The largest absolute Gasteiger partial charge is 0.342 e. The molecule has 0 aliphatic carbocycles. The fourth-order valence-electron chi connectivity index (χ4n) is 4.39. The monoisotopic (exact) mass is 457 g/mol. The minimum atomic E-state index is -3.42. The molecule has 1 fully saturated rings. The molecular weight excluding hydrogens is 430 g/mol. The van der Waals surface area contributed by atoms with E-state index in [1.54, 1.807) is 28.6 Å². The van der Waals surface area contributed by atoms with E-state index >= 15 is 0 Å². The number of piperidine rings is 1. The SMILES string of the molecule is O=S(=O)(c1ccc(N=Cc2cn(Cc3ccccc3)c3ccccc23)cc1)N1CCCCC1. The predicted molar refractivity (Wildman–Crippen MR) is 134 cm³/mol. The highest BCUT2D eigenvalue weighted by molar-refractivity contribution is 7.89. The van der Waals surface area contributed by atoms with Crippen molar-refractivity contribution in [1.82, 2.24) is 8.87 Å².